The van der Waals surface area contributed by atoms with Crippen molar-refractivity contribution in [3.05, 3.63) is 64.4 Å². The number of carbonyl (C=O) groups excluding carboxylic acids is 1. The van der Waals surface area contributed by atoms with E-state index in [2.05, 4.69) is 5.32 Å². The first-order valence-electron chi connectivity index (χ1n) is 10.6. The van der Waals surface area contributed by atoms with E-state index in [1.807, 2.05) is 49.4 Å². The van der Waals surface area contributed by atoms with Crippen molar-refractivity contribution in [1.29, 1.82) is 0 Å². The van der Waals surface area contributed by atoms with E-state index in [1.165, 1.54) is 24.6 Å². The lowest BCUT2D eigenvalue weighted by molar-refractivity contribution is -0.120. The first-order chi connectivity index (χ1) is 15.0. The highest BCUT2D eigenvalue weighted by Crippen LogP contribution is 2.25. The molecule has 1 unspecified atom stereocenters. The molecule has 1 heterocycles. The van der Waals surface area contributed by atoms with E-state index >= 15 is 0 Å². The molecule has 0 spiro atoms. The van der Waals surface area contributed by atoms with Gasteiger partial charge in [0.1, 0.15) is 5.75 Å². The highest BCUT2D eigenvalue weighted by Gasteiger charge is 2.23. The first kappa shape index (κ1) is 21.4. The lowest BCUT2D eigenvalue weighted by atomic mass is 10.2. The predicted molar refractivity (Wildman–Crippen MR) is 124 cm³/mol. The Morgan fingerprint density at radius 3 is 2.61 bits per heavy atom. The Bertz CT molecular complexity index is 1120. The maximum absolute atomic E-state index is 13.3. The molecule has 1 saturated carbocycles. The van der Waals surface area contributed by atoms with Crippen molar-refractivity contribution < 1.29 is 9.53 Å². The molecule has 0 saturated heterocycles. The number of rotatable bonds is 7. The summed E-state index contributed by atoms with van der Waals surface area (Å²) in [6.07, 6.45) is 4.42. The van der Waals surface area contributed by atoms with Crippen molar-refractivity contribution >= 4 is 28.6 Å². The van der Waals surface area contributed by atoms with E-state index < -0.39 is 0 Å². The Morgan fingerprint density at radius 2 is 1.90 bits per heavy atom. The van der Waals surface area contributed by atoms with Gasteiger partial charge in [0.25, 0.3) is 5.56 Å². The SMILES string of the molecule is COc1ccc(Cn2c(SC(C)C(=O)NC3CCCC3)nc3ccccc3c2=O)cc1. The van der Waals surface area contributed by atoms with Gasteiger partial charge in [0, 0.05) is 6.04 Å². The summed E-state index contributed by atoms with van der Waals surface area (Å²) in [7, 11) is 1.62. The van der Waals surface area contributed by atoms with Gasteiger partial charge in [-0.3, -0.25) is 14.2 Å². The van der Waals surface area contributed by atoms with Gasteiger partial charge in [-0.2, -0.15) is 0 Å². The number of nitrogens with one attached hydrogen (secondary N) is 1. The van der Waals surface area contributed by atoms with Gasteiger partial charge >= 0.3 is 0 Å². The fraction of sp³-hybridized carbons (Fsp3) is 0.375. The van der Waals surface area contributed by atoms with Gasteiger partial charge in [-0.1, -0.05) is 48.9 Å². The molecule has 3 aromatic rings. The Labute approximate surface area is 186 Å². The van der Waals surface area contributed by atoms with Gasteiger partial charge < -0.3 is 10.1 Å². The van der Waals surface area contributed by atoms with Gasteiger partial charge in [-0.15, -0.1) is 0 Å². The molecule has 1 N–H and O–H groups in total. The maximum atomic E-state index is 13.3. The highest BCUT2D eigenvalue weighted by atomic mass is 32.2. The number of para-hydroxylation sites is 1. The molecule has 1 amide bonds. The summed E-state index contributed by atoms with van der Waals surface area (Å²) in [5, 5.41) is 3.91. The van der Waals surface area contributed by atoms with E-state index in [0.717, 1.165) is 24.2 Å². The molecule has 1 aliphatic rings. The largest absolute Gasteiger partial charge is 0.497 e. The molecule has 2 aromatic carbocycles. The molecule has 0 bridgehead atoms. The Balaban J connectivity index is 1.64. The van der Waals surface area contributed by atoms with Crippen LogP contribution in [0.4, 0.5) is 0 Å². The van der Waals surface area contributed by atoms with E-state index in [4.69, 9.17) is 9.72 Å². The molecule has 0 radical (unpaired) electrons. The summed E-state index contributed by atoms with van der Waals surface area (Å²) in [6.45, 7) is 2.24. The summed E-state index contributed by atoms with van der Waals surface area (Å²) in [5.74, 6) is 0.759. The number of nitrogens with zero attached hydrogens (tertiary/aromatic N) is 2. The van der Waals surface area contributed by atoms with Crippen LogP contribution >= 0.6 is 11.8 Å². The molecule has 162 valence electrons. The van der Waals surface area contributed by atoms with E-state index in [9.17, 15) is 9.59 Å². The smallest absolute Gasteiger partial charge is 0.262 e. The minimum Gasteiger partial charge on any atom is -0.497 e. The lowest BCUT2D eigenvalue weighted by Gasteiger charge is -2.18. The van der Waals surface area contributed by atoms with Crippen LogP contribution in [0.1, 0.15) is 38.2 Å². The topological polar surface area (TPSA) is 73.2 Å². The number of aromatic nitrogens is 2. The molecule has 1 aromatic heterocycles. The number of benzene rings is 2. The normalized spacial score (nSPS) is 15.2. The second-order valence-corrected chi connectivity index (χ2v) is 9.21. The number of carbonyl (C=O) groups is 1. The second kappa shape index (κ2) is 9.56. The zero-order valence-corrected chi connectivity index (χ0v) is 18.7. The second-order valence-electron chi connectivity index (χ2n) is 7.90. The van der Waals surface area contributed by atoms with Crippen LogP contribution in [0, 0.1) is 0 Å². The van der Waals surface area contributed by atoms with Crippen LogP contribution < -0.4 is 15.6 Å². The zero-order valence-electron chi connectivity index (χ0n) is 17.8. The molecular formula is C24H27N3O3S. The van der Waals surface area contributed by atoms with Crippen LogP contribution in [-0.2, 0) is 11.3 Å². The number of amides is 1. The Kier molecular flexibility index (Phi) is 6.61. The third-order valence-corrected chi connectivity index (χ3v) is 6.77. The maximum Gasteiger partial charge on any atom is 0.262 e. The first-order valence-corrected chi connectivity index (χ1v) is 11.5. The molecule has 6 nitrogen and oxygen atoms in total. The van der Waals surface area contributed by atoms with Gasteiger partial charge in [0.2, 0.25) is 5.91 Å². The average molecular weight is 438 g/mol. The van der Waals surface area contributed by atoms with Crippen molar-refractivity contribution in [2.45, 2.75) is 55.6 Å². The monoisotopic (exact) mass is 437 g/mol. The lowest BCUT2D eigenvalue weighted by Crippen LogP contribution is -2.38. The summed E-state index contributed by atoms with van der Waals surface area (Å²) >= 11 is 1.33. The van der Waals surface area contributed by atoms with Crippen molar-refractivity contribution in [3.8, 4) is 5.75 Å². The summed E-state index contributed by atoms with van der Waals surface area (Å²) in [5.41, 5.74) is 1.50. The molecule has 7 heteroatoms. The predicted octanol–water partition coefficient (Wildman–Crippen LogP) is 3.99. The number of hydrogen-bond acceptors (Lipinski definition) is 5. The Hall–Kier alpha value is -2.80. The van der Waals surface area contributed by atoms with Crippen LogP contribution in [0.3, 0.4) is 0 Å². The molecule has 1 atom stereocenters. The zero-order chi connectivity index (χ0) is 21.8. The number of hydrogen-bond donors (Lipinski definition) is 1. The highest BCUT2D eigenvalue weighted by molar-refractivity contribution is 8.00. The van der Waals surface area contributed by atoms with E-state index in [-0.39, 0.29) is 22.8 Å². The molecule has 4 rings (SSSR count). The van der Waals surface area contributed by atoms with Crippen molar-refractivity contribution in [2.75, 3.05) is 7.11 Å². The summed E-state index contributed by atoms with van der Waals surface area (Å²) < 4.78 is 6.89. The fourth-order valence-corrected chi connectivity index (χ4v) is 4.81. The van der Waals surface area contributed by atoms with Crippen LogP contribution in [0.5, 0.6) is 5.75 Å². The standard InChI is InChI=1S/C24H27N3O3S/c1-16(22(28)25-18-7-3-4-8-18)31-24-26-21-10-6-5-9-20(21)23(29)27(24)15-17-11-13-19(30-2)14-12-17/h5-6,9-14,16,18H,3-4,7-8,15H2,1-2H3,(H,25,28). The molecule has 0 aliphatic heterocycles. The van der Waals surface area contributed by atoms with Gasteiger partial charge in [0.05, 0.1) is 29.8 Å². The summed E-state index contributed by atoms with van der Waals surface area (Å²) in [6, 6.07) is 15.2. The number of ether oxygens (including phenoxy) is 1. The van der Waals surface area contributed by atoms with E-state index in [1.54, 1.807) is 17.7 Å². The van der Waals surface area contributed by atoms with Gasteiger partial charge in [-0.05, 0) is 49.6 Å². The molecule has 1 aliphatic carbocycles. The summed E-state index contributed by atoms with van der Waals surface area (Å²) in [4.78, 5) is 30.8. The van der Waals surface area contributed by atoms with Crippen LogP contribution in [0.2, 0.25) is 0 Å². The fourth-order valence-electron chi connectivity index (χ4n) is 3.89. The average Bonchev–Trinajstić information content (AvgIpc) is 3.30. The quantitative estimate of drug-likeness (QED) is 0.447. The minimum atomic E-state index is -0.351. The minimum absolute atomic E-state index is 0.00435. The third kappa shape index (κ3) is 4.93. The van der Waals surface area contributed by atoms with Crippen LogP contribution in [-0.4, -0.2) is 33.9 Å². The number of fused-ring (bicyclic) bond motifs is 1. The van der Waals surface area contributed by atoms with Crippen molar-refractivity contribution in [1.82, 2.24) is 14.9 Å². The Morgan fingerprint density at radius 1 is 1.19 bits per heavy atom. The van der Waals surface area contributed by atoms with Crippen LogP contribution in [0.15, 0.2) is 58.5 Å². The van der Waals surface area contributed by atoms with E-state index in [0.29, 0.717) is 22.6 Å². The molecule has 1 fully saturated rings. The van der Waals surface area contributed by atoms with Crippen LogP contribution in [0.25, 0.3) is 10.9 Å². The molecular weight excluding hydrogens is 410 g/mol. The van der Waals surface area contributed by atoms with Gasteiger partial charge in [-0.25, -0.2) is 4.98 Å². The van der Waals surface area contributed by atoms with Crippen molar-refractivity contribution in [2.24, 2.45) is 0 Å². The van der Waals surface area contributed by atoms with Gasteiger partial charge in [0.15, 0.2) is 5.16 Å². The number of thioether (sulfide) groups is 1. The third-order valence-electron chi connectivity index (χ3n) is 5.68. The number of methoxy groups -OCH3 is 1. The van der Waals surface area contributed by atoms with Crippen molar-refractivity contribution in [3.63, 3.8) is 0 Å². The molecule has 31 heavy (non-hydrogen) atoms.